The molecule has 0 saturated carbocycles. The lowest BCUT2D eigenvalue weighted by Crippen LogP contribution is -2.43. The third-order valence-electron chi connectivity index (χ3n) is 5.19. The zero-order valence-electron chi connectivity index (χ0n) is 17.4. The van der Waals surface area contributed by atoms with E-state index in [2.05, 4.69) is 27.3 Å². The number of aromatic nitrogens is 4. The van der Waals surface area contributed by atoms with Gasteiger partial charge in [-0.2, -0.15) is 5.10 Å². The molecule has 2 aromatic heterocycles. The number of ether oxygens (including phenoxy) is 1. The Kier molecular flexibility index (Phi) is 6.18. The van der Waals surface area contributed by atoms with Crippen LogP contribution in [-0.4, -0.2) is 50.7 Å². The molecule has 1 aliphatic rings. The molecule has 3 heterocycles. The van der Waals surface area contributed by atoms with Gasteiger partial charge in [-0.1, -0.05) is 50.2 Å². The zero-order chi connectivity index (χ0) is 20.9. The molecule has 1 aliphatic heterocycles. The minimum atomic E-state index is -0.223. The summed E-state index contributed by atoms with van der Waals surface area (Å²) in [6.07, 6.45) is 0.765. The summed E-state index contributed by atoms with van der Waals surface area (Å²) in [6, 6.07) is 16.3. The third kappa shape index (κ3) is 4.91. The molecule has 1 amide bonds. The van der Waals surface area contributed by atoms with Crippen LogP contribution in [0.2, 0.25) is 0 Å². The van der Waals surface area contributed by atoms with Crippen molar-refractivity contribution >= 4 is 5.91 Å². The summed E-state index contributed by atoms with van der Waals surface area (Å²) in [7, 11) is 0. The first-order chi connectivity index (χ1) is 14.6. The second-order valence-electron chi connectivity index (χ2n) is 7.89. The first kappa shape index (κ1) is 20.2. The van der Waals surface area contributed by atoms with Crippen LogP contribution in [0.4, 0.5) is 0 Å². The fourth-order valence-electron chi connectivity index (χ4n) is 3.54. The van der Waals surface area contributed by atoms with E-state index < -0.39 is 0 Å². The molecule has 1 saturated heterocycles. The topological polar surface area (TPSA) is 84.0 Å². The highest BCUT2D eigenvalue weighted by molar-refractivity contribution is 5.78. The number of benzene rings is 1. The number of nitrogens with one attached hydrogen (secondary N) is 1. The molecule has 7 heteroatoms. The van der Waals surface area contributed by atoms with Crippen molar-refractivity contribution in [3.05, 3.63) is 77.1 Å². The highest BCUT2D eigenvalue weighted by atomic mass is 16.5. The van der Waals surface area contributed by atoms with Crippen LogP contribution in [0.15, 0.2) is 48.5 Å². The largest absolute Gasteiger partial charge is 0.368 e. The van der Waals surface area contributed by atoms with Crippen LogP contribution in [0, 0.1) is 0 Å². The fourth-order valence-corrected chi connectivity index (χ4v) is 3.54. The van der Waals surface area contributed by atoms with E-state index in [1.54, 1.807) is 0 Å². The maximum absolute atomic E-state index is 12.8. The molecule has 156 valence electrons. The van der Waals surface area contributed by atoms with Gasteiger partial charge in [-0.05, 0) is 17.7 Å². The predicted octanol–water partition coefficient (Wildman–Crippen LogP) is 3.06. The maximum atomic E-state index is 12.8. The fraction of sp³-hybridized carbons (Fsp3) is 0.391. The molecule has 0 aliphatic carbocycles. The van der Waals surface area contributed by atoms with Crippen LogP contribution >= 0.6 is 0 Å². The van der Waals surface area contributed by atoms with Crippen molar-refractivity contribution in [2.45, 2.75) is 38.7 Å². The van der Waals surface area contributed by atoms with E-state index in [4.69, 9.17) is 9.72 Å². The number of aromatic amines is 1. The Hall–Kier alpha value is -3.06. The summed E-state index contributed by atoms with van der Waals surface area (Å²) in [4.78, 5) is 23.8. The molecule has 1 fully saturated rings. The number of carbonyl (C=O) groups is 1. The molecule has 30 heavy (non-hydrogen) atoms. The molecule has 1 aromatic carbocycles. The van der Waals surface area contributed by atoms with Crippen molar-refractivity contribution in [3.63, 3.8) is 0 Å². The lowest BCUT2D eigenvalue weighted by Gasteiger charge is -2.32. The summed E-state index contributed by atoms with van der Waals surface area (Å²) in [5.74, 6) is 1.59. The quantitative estimate of drug-likeness (QED) is 0.681. The third-order valence-corrected chi connectivity index (χ3v) is 5.19. The van der Waals surface area contributed by atoms with Crippen LogP contribution in [-0.2, 0) is 22.4 Å². The Morgan fingerprint density at radius 3 is 2.77 bits per heavy atom. The molecular weight excluding hydrogens is 378 g/mol. The summed E-state index contributed by atoms with van der Waals surface area (Å²) in [6.45, 7) is 5.62. The number of H-pyrrole nitrogens is 1. The molecule has 0 bridgehead atoms. The number of rotatable bonds is 6. The molecule has 1 atom stereocenters. The first-order valence-corrected chi connectivity index (χ1v) is 10.4. The van der Waals surface area contributed by atoms with Gasteiger partial charge in [0, 0.05) is 24.6 Å². The van der Waals surface area contributed by atoms with E-state index in [0.29, 0.717) is 25.5 Å². The van der Waals surface area contributed by atoms with Gasteiger partial charge in [0.2, 0.25) is 5.91 Å². The number of amides is 1. The monoisotopic (exact) mass is 405 g/mol. The molecule has 0 radical (unpaired) electrons. The van der Waals surface area contributed by atoms with E-state index in [1.165, 1.54) is 5.56 Å². The van der Waals surface area contributed by atoms with E-state index >= 15 is 0 Å². The second kappa shape index (κ2) is 9.17. The van der Waals surface area contributed by atoms with Crippen molar-refractivity contribution in [2.75, 3.05) is 19.7 Å². The van der Waals surface area contributed by atoms with E-state index in [9.17, 15) is 4.79 Å². The van der Waals surface area contributed by atoms with Gasteiger partial charge in [0.15, 0.2) is 5.82 Å². The maximum Gasteiger partial charge on any atom is 0.230 e. The van der Waals surface area contributed by atoms with Gasteiger partial charge in [-0.25, -0.2) is 4.98 Å². The van der Waals surface area contributed by atoms with Crippen molar-refractivity contribution < 1.29 is 9.53 Å². The zero-order valence-corrected chi connectivity index (χ0v) is 17.4. The van der Waals surface area contributed by atoms with E-state index in [-0.39, 0.29) is 24.3 Å². The van der Waals surface area contributed by atoms with Gasteiger partial charge < -0.3 is 9.64 Å². The van der Waals surface area contributed by atoms with Crippen LogP contribution in [0.5, 0.6) is 0 Å². The lowest BCUT2D eigenvalue weighted by molar-refractivity contribution is -0.138. The Morgan fingerprint density at radius 2 is 2.00 bits per heavy atom. The Bertz CT molecular complexity index is 986. The van der Waals surface area contributed by atoms with Gasteiger partial charge in [0.25, 0.3) is 0 Å². The highest BCUT2D eigenvalue weighted by Crippen LogP contribution is 2.22. The van der Waals surface area contributed by atoms with Crippen molar-refractivity contribution in [1.29, 1.82) is 0 Å². The van der Waals surface area contributed by atoms with Crippen LogP contribution in [0.1, 0.15) is 54.5 Å². The molecule has 7 nitrogen and oxygen atoms in total. The van der Waals surface area contributed by atoms with Crippen LogP contribution in [0.25, 0.3) is 0 Å². The van der Waals surface area contributed by atoms with Gasteiger partial charge in [0.1, 0.15) is 11.9 Å². The number of pyridine rings is 1. The van der Waals surface area contributed by atoms with E-state index in [1.807, 2.05) is 55.1 Å². The van der Waals surface area contributed by atoms with Gasteiger partial charge >= 0.3 is 0 Å². The molecule has 3 aromatic rings. The first-order valence-electron chi connectivity index (χ1n) is 10.4. The minimum Gasteiger partial charge on any atom is -0.368 e. The smallest absolute Gasteiger partial charge is 0.230 e. The molecule has 1 N–H and O–H groups in total. The summed E-state index contributed by atoms with van der Waals surface area (Å²) >= 11 is 0. The summed E-state index contributed by atoms with van der Waals surface area (Å²) in [5.41, 5.74) is 3.08. The molecule has 0 spiro atoms. The SMILES string of the molecule is CC(C)c1n[nH]c(CC(=O)N2CCO[C@@H](c3cccc(Cc4ccccc4)n3)C2)n1. The minimum absolute atomic E-state index is 0.0233. The summed E-state index contributed by atoms with van der Waals surface area (Å²) < 4.78 is 5.94. The number of hydrogen-bond donors (Lipinski definition) is 1. The standard InChI is InChI=1S/C23H27N5O2/c1-16(2)23-25-21(26-27-23)14-22(29)28-11-12-30-20(15-28)19-10-6-9-18(24-19)13-17-7-4-3-5-8-17/h3-10,16,20H,11-15H2,1-2H3,(H,25,26,27)/t20-/m1/s1. The summed E-state index contributed by atoms with van der Waals surface area (Å²) in [5, 5.41) is 7.06. The van der Waals surface area contributed by atoms with Crippen molar-refractivity contribution in [2.24, 2.45) is 0 Å². The van der Waals surface area contributed by atoms with Gasteiger partial charge in [0.05, 0.1) is 25.3 Å². The average Bonchev–Trinajstić information content (AvgIpc) is 3.24. The average molecular weight is 406 g/mol. The molecular formula is C23H27N5O2. The Balaban J connectivity index is 1.40. The Labute approximate surface area is 176 Å². The van der Waals surface area contributed by atoms with E-state index in [0.717, 1.165) is 23.6 Å². The number of hydrogen-bond acceptors (Lipinski definition) is 5. The Morgan fingerprint density at radius 1 is 1.17 bits per heavy atom. The van der Waals surface area contributed by atoms with Gasteiger partial charge in [-0.15, -0.1) is 0 Å². The number of morpholine rings is 1. The molecule has 4 rings (SSSR count). The lowest BCUT2D eigenvalue weighted by atomic mass is 10.1. The molecule has 0 unspecified atom stereocenters. The van der Waals surface area contributed by atoms with Crippen molar-refractivity contribution in [1.82, 2.24) is 25.1 Å². The van der Waals surface area contributed by atoms with Crippen molar-refractivity contribution in [3.8, 4) is 0 Å². The van der Waals surface area contributed by atoms with Gasteiger partial charge in [-0.3, -0.25) is 14.9 Å². The second-order valence-corrected chi connectivity index (χ2v) is 7.89. The normalized spacial score (nSPS) is 16.8. The number of carbonyl (C=O) groups excluding carboxylic acids is 1. The van der Waals surface area contributed by atoms with Crippen LogP contribution < -0.4 is 0 Å². The predicted molar refractivity (Wildman–Crippen MR) is 113 cm³/mol. The number of nitrogens with zero attached hydrogens (tertiary/aromatic N) is 4. The van der Waals surface area contributed by atoms with Crippen LogP contribution in [0.3, 0.4) is 0 Å². The highest BCUT2D eigenvalue weighted by Gasteiger charge is 2.27.